The molecule has 3 aromatic carbocycles. The van der Waals surface area contributed by atoms with E-state index in [4.69, 9.17) is 0 Å². The van der Waals surface area contributed by atoms with Gasteiger partial charge in [-0.1, -0.05) is 29.8 Å². The molecule has 0 saturated heterocycles. The Hall–Kier alpha value is -3.12. The number of carbonyl (C=O) groups is 2. The normalized spacial score (nSPS) is 10.4. The van der Waals surface area contributed by atoms with Crippen molar-refractivity contribution < 1.29 is 14.0 Å². The number of halogens is 1. The molecule has 3 aromatic rings. The highest BCUT2D eigenvalue weighted by atomic mass is 32.2. The Morgan fingerprint density at radius 1 is 0.893 bits per heavy atom. The van der Waals surface area contributed by atoms with Gasteiger partial charge in [-0.15, -0.1) is 11.8 Å². The Morgan fingerprint density at radius 2 is 1.57 bits per heavy atom. The Morgan fingerprint density at radius 3 is 2.25 bits per heavy atom. The molecule has 2 N–H and O–H groups in total. The molecule has 3 rings (SSSR count). The van der Waals surface area contributed by atoms with Gasteiger partial charge in [-0.2, -0.15) is 0 Å². The molecule has 0 saturated carbocycles. The van der Waals surface area contributed by atoms with E-state index in [1.54, 1.807) is 36.4 Å². The number of thioether (sulfide) groups is 1. The zero-order chi connectivity index (χ0) is 19.9. The van der Waals surface area contributed by atoms with E-state index in [0.29, 0.717) is 11.3 Å². The molecule has 0 bridgehead atoms. The van der Waals surface area contributed by atoms with Crippen molar-refractivity contribution in [1.29, 1.82) is 0 Å². The van der Waals surface area contributed by atoms with E-state index < -0.39 is 5.82 Å². The zero-order valence-electron chi connectivity index (χ0n) is 15.2. The van der Waals surface area contributed by atoms with Gasteiger partial charge in [0.25, 0.3) is 5.91 Å². The second-order valence-corrected chi connectivity index (χ2v) is 7.21. The van der Waals surface area contributed by atoms with E-state index in [0.717, 1.165) is 10.5 Å². The molecule has 2 amide bonds. The van der Waals surface area contributed by atoms with Crippen LogP contribution in [-0.2, 0) is 4.79 Å². The van der Waals surface area contributed by atoms with Gasteiger partial charge in [-0.25, -0.2) is 4.39 Å². The number of carbonyl (C=O) groups excluding carboxylic acids is 2. The molecule has 0 atom stereocenters. The smallest absolute Gasteiger partial charge is 0.255 e. The van der Waals surface area contributed by atoms with E-state index in [9.17, 15) is 14.0 Å². The monoisotopic (exact) mass is 394 g/mol. The number of anilines is 2. The van der Waals surface area contributed by atoms with Crippen molar-refractivity contribution >= 4 is 35.0 Å². The lowest BCUT2D eigenvalue weighted by Crippen LogP contribution is -2.15. The van der Waals surface area contributed by atoms with E-state index in [-0.39, 0.29) is 23.3 Å². The molecule has 0 spiro atoms. The zero-order valence-corrected chi connectivity index (χ0v) is 16.1. The molecule has 142 valence electrons. The predicted molar refractivity (Wildman–Crippen MR) is 111 cm³/mol. The Kier molecular flexibility index (Phi) is 6.45. The summed E-state index contributed by atoms with van der Waals surface area (Å²) >= 11 is 1.33. The summed E-state index contributed by atoms with van der Waals surface area (Å²) in [5.41, 5.74) is 2.53. The molecule has 28 heavy (non-hydrogen) atoms. The first-order chi connectivity index (χ1) is 13.5. The van der Waals surface area contributed by atoms with Gasteiger partial charge in [0.15, 0.2) is 0 Å². The number of rotatable bonds is 6. The Labute approximate surface area is 167 Å². The fourth-order valence-electron chi connectivity index (χ4n) is 2.44. The average molecular weight is 394 g/mol. The van der Waals surface area contributed by atoms with Crippen LogP contribution in [0.25, 0.3) is 0 Å². The fourth-order valence-corrected chi connectivity index (χ4v) is 3.14. The molecule has 4 nitrogen and oxygen atoms in total. The lowest BCUT2D eigenvalue weighted by molar-refractivity contribution is -0.113. The van der Waals surface area contributed by atoms with Crippen LogP contribution in [0.1, 0.15) is 15.9 Å². The Balaban J connectivity index is 1.51. The van der Waals surface area contributed by atoms with Crippen molar-refractivity contribution in [3.8, 4) is 0 Å². The number of nitrogens with one attached hydrogen (secondary N) is 2. The number of amides is 2. The van der Waals surface area contributed by atoms with E-state index >= 15 is 0 Å². The van der Waals surface area contributed by atoms with Crippen LogP contribution in [0.5, 0.6) is 0 Å². The SMILES string of the molecule is Cc1ccc(C(=O)Nc2ccc(SCC(=O)Nc3ccccc3F)cc2)cc1. The van der Waals surface area contributed by atoms with Crippen LogP contribution in [-0.4, -0.2) is 17.6 Å². The molecule has 0 aliphatic rings. The molecule has 0 radical (unpaired) electrons. The molecule has 0 aromatic heterocycles. The van der Waals surface area contributed by atoms with Crippen LogP contribution in [0.3, 0.4) is 0 Å². The highest BCUT2D eigenvalue weighted by molar-refractivity contribution is 8.00. The number of hydrogen-bond donors (Lipinski definition) is 2. The van der Waals surface area contributed by atoms with E-state index in [1.807, 2.05) is 31.2 Å². The van der Waals surface area contributed by atoms with Gasteiger partial charge < -0.3 is 10.6 Å². The summed E-state index contributed by atoms with van der Waals surface area (Å²) in [7, 11) is 0. The summed E-state index contributed by atoms with van der Waals surface area (Å²) < 4.78 is 13.5. The molecule has 0 unspecified atom stereocenters. The quantitative estimate of drug-likeness (QED) is 0.571. The molecule has 0 fully saturated rings. The fraction of sp³-hybridized carbons (Fsp3) is 0.0909. The van der Waals surface area contributed by atoms with Crippen LogP contribution in [0.2, 0.25) is 0 Å². The van der Waals surface area contributed by atoms with Gasteiger partial charge in [0.1, 0.15) is 5.82 Å². The lowest BCUT2D eigenvalue weighted by Gasteiger charge is -2.08. The molecule has 6 heteroatoms. The van der Waals surface area contributed by atoms with Crippen molar-refractivity contribution in [1.82, 2.24) is 0 Å². The van der Waals surface area contributed by atoms with Crippen molar-refractivity contribution in [3.63, 3.8) is 0 Å². The topological polar surface area (TPSA) is 58.2 Å². The second kappa shape index (κ2) is 9.19. The second-order valence-electron chi connectivity index (χ2n) is 6.16. The number of benzene rings is 3. The van der Waals surface area contributed by atoms with Gasteiger partial charge in [0.05, 0.1) is 11.4 Å². The summed E-state index contributed by atoms with van der Waals surface area (Å²) in [4.78, 5) is 25.1. The van der Waals surface area contributed by atoms with Gasteiger partial charge in [0.2, 0.25) is 5.91 Å². The third kappa shape index (κ3) is 5.44. The maximum absolute atomic E-state index is 13.5. The first-order valence-corrected chi connectivity index (χ1v) is 9.65. The predicted octanol–water partition coefficient (Wildman–Crippen LogP) is 5.12. The molecular formula is C22H19FN2O2S. The number of aryl methyl sites for hydroxylation is 1. The van der Waals surface area contributed by atoms with Crippen LogP contribution in [0.4, 0.5) is 15.8 Å². The summed E-state index contributed by atoms with van der Waals surface area (Å²) in [6, 6.07) is 20.6. The minimum absolute atomic E-state index is 0.156. The number of para-hydroxylation sites is 1. The first-order valence-electron chi connectivity index (χ1n) is 8.66. The van der Waals surface area contributed by atoms with Crippen LogP contribution in [0, 0.1) is 12.7 Å². The molecular weight excluding hydrogens is 375 g/mol. The third-order valence-electron chi connectivity index (χ3n) is 3.94. The van der Waals surface area contributed by atoms with Gasteiger partial charge in [0, 0.05) is 16.1 Å². The van der Waals surface area contributed by atoms with Crippen LogP contribution < -0.4 is 10.6 Å². The van der Waals surface area contributed by atoms with Crippen molar-refractivity contribution in [2.75, 3.05) is 16.4 Å². The summed E-state index contributed by atoms with van der Waals surface area (Å²) in [6.07, 6.45) is 0. The molecule has 0 aliphatic carbocycles. The van der Waals surface area contributed by atoms with Crippen molar-refractivity contribution in [2.24, 2.45) is 0 Å². The first kappa shape index (κ1) is 19.6. The highest BCUT2D eigenvalue weighted by Crippen LogP contribution is 2.21. The summed E-state index contributed by atoms with van der Waals surface area (Å²) in [5.74, 6) is -0.769. The van der Waals surface area contributed by atoms with Gasteiger partial charge in [-0.3, -0.25) is 9.59 Å². The standard InChI is InChI=1S/C22H19FN2O2S/c1-15-6-8-16(9-7-15)22(27)24-17-10-12-18(13-11-17)28-14-21(26)25-20-5-3-2-4-19(20)23/h2-13H,14H2,1H3,(H,24,27)(H,25,26). The maximum Gasteiger partial charge on any atom is 0.255 e. The van der Waals surface area contributed by atoms with E-state index in [1.165, 1.54) is 23.9 Å². The average Bonchev–Trinajstić information content (AvgIpc) is 2.70. The molecule has 0 heterocycles. The van der Waals surface area contributed by atoms with Crippen LogP contribution >= 0.6 is 11.8 Å². The summed E-state index contributed by atoms with van der Waals surface area (Å²) in [6.45, 7) is 1.97. The van der Waals surface area contributed by atoms with Crippen LogP contribution in [0.15, 0.2) is 77.7 Å². The molecule has 0 aliphatic heterocycles. The lowest BCUT2D eigenvalue weighted by atomic mass is 10.1. The van der Waals surface area contributed by atoms with E-state index in [2.05, 4.69) is 10.6 Å². The maximum atomic E-state index is 13.5. The third-order valence-corrected chi connectivity index (χ3v) is 4.96. The highest BCUT2D eigenvalue weighted by Gasteiger charge is 2.08. The van der Waals surface area contributed by atoms with Crippen molar-refractivity contribution in [3.05, 3.63) is 89.7 Å². The van der Waals surface area contributed by atoms with Gasteiger partial charge >= 0.3 is 0 Å². The number of hydrogen-bond acceptors (Lipinski definition) is 3. The summed E-state index contributed by atoms with van der Waals surface area (Å²) in [5, 5.41) is 5.39. The Bertz CT molecular complexity index is 973. The minimum atomic E-state index is -0.463. The van der Waals surface area contributed by atoms with Gasteiger partial charge in [-0.05, 0) is 55.5 Å². The minimum Gasteiger partial charge on any atom is -0.323 e. The largest absolute Gasteiger partial charge is 0.323 e. The van der Waals surface area contributed by atoms with Crippen molar-refractivity contribution in [2.45, 2.75) is 11.8 Å².